The van der Waals surface area contributed by atoms with Crippen LogP contribution in [0, 0.1) is 0 Å². The van der Waals surface area contributed by atoms with Crippen molar-refractivity contribution in [1.82, 2.24) is 25.1 Å². The van der Waals surface area contributed by atoms with Crippen molar-refractivity contribution >= 4 is 33.6 Å². The average molecular weight is 273 g/mol. The van der Waals surface area contributed by atoms with Crippen LogP contribution in [0.2, 0.25) is 0 Å². The normalized spacial score (nSPS) is 10.4. The quantitative estimate of drug-likeness (QED) is 0.795. The maximum absolute atomic E-state index is 5.48. The van der Waals surface area contributed by atoms with Crippen molar-refractivity contribution in [3.8, 4) is 0 Å². The summed E-state index contributed by atoms with van der Waals surface area (Å²) in [6.07, 6.45) is 1.43. The molecule has 0 aromatic carbocycles. The van der Waals surface area contributed by atoms with E-state index in [9.17, 15) is 0 Å². The number of nitrogens with zero attached hydrogens (tertiary/aromatic N) is 4. The fourth-order valence-corrected chi connectivity index (χ4v) is 2.06. The number of anilines is 1. The van der Waals surface area contributed by atoms with Crippen LogP contribution in [-0.4, -0.2) is 25.1 Å². The lowest BCUT2D eigenvalue weighted by molar-refractivity contribution is 0.962. The molecule has 0 aliphatic rings. The molecule has 0 bridgehead atoms. The molecular weight excluding hydrogens is 268 g/mol. The van der Waals surface area contributed by atoms with Crippen molar-refractivity contribution in [1.29, 1.82) is 0 Å². The minimum atomic E-state index is 0.224. The average Bonchev–Trinajstić information content (AvgIpc) is 2.54. The number of H-pyrrole nitrogens is 1. The second kappa shape index (κ2) is 3.93. The number of nitrogens with one attached hydrogen (secondary N) is 1. The Morgan fingerprint density at radius 2 is 2.29 bits per heavy atom. The second-order valence-electron chi connectivity index (χ2n) is 2.28. The lowest BCUT2D eigenvalue weighted by Crippen LogP contribution is -1.95. The van der Waals surface area contributed by atoms with Gasteiger partial charge in [0.15, 0.2) is 5.16 Å². The predicted molar refractivity (Wildman–Crippen MR) is 54.7 cm³/mol. The van der Waals surface area contributed by atoms with Crippen molar-refractivity contribution in [2.24, 2.45) is 0 Å². The summed E-state index contributed by atoms with van der Waals surface area (Å²) >= 11 is 4.56. The number of hydrogen-bond donors (Lipinski definition) is 2. The Kier molecular flexibility index (Phi) is 2.64. The number of halogens is 1. The van der Waals surface area contributed by atoms with Crippen LogP contribution in [0.4, 0.5) is 5.95 Å². The second-order valence-corrected chi connectivity index (χ2v) is 4.10. The summed E-state index contributed by atoms with van der Waals surface area (Å²) in [4.78, 5) is 11.9. The summed E-state index contributed by atoms with van der Waals surface area (Å²) in [6.45, 7) is 0. The fourth-order valence-electron chi connectivity index (χ4n) is 0.809. The maximum atomic E-state index is 5.48. The summed E-state index contributed by atoms with van der Waals surface area (Å²) in [5, 5.41) is 7.80. The monoisotopic (exact) mass is 272 g/mol. The molecule has 8 heteroatoms. The molecule has 2 aromatic heterocycles. The van der Waals surface area contributed by atoms with E-state index in [0.29, 0.717) is 14.8 Å². The zero-order valence-electron chi connectivity index (χ0n) is 6.81. The van der Waals surface area contributed by atoms with E-state index < -0.39 is 0 Å². The van der Waals surface area contributed by atoms with Crippen LogP contribution in [0.3, 0.4) is 0 Å². The lowest BCUT2D eigenvalue weighted by atomic mass is 10.7. The number of hydrogen-bond acceptors (Lipinski definition) is 6. The first-order chi connectivity index (χ1) is 6.74. The Morgan fingerprint density at radius 3 is 2.93 bits per heavy atom. The number of rotatable bonds is 2. The third-order valence-electron chi connectivity index (χ3n) is 1.28. The molecule has 0 aliphatic carbocycles. The lowest BCUT2D eigenvalue weighted by Gasteiger charge is -1.98. The highest BCUT2D eigenvalue weighted by Gasteiger charge is 2.04. The van der Waals surface area contributed by atoms with Crippen LogP contribution < -0.4 is 5.73 Å². The molecule has 0 fully saturated rings. The summed E-state index contributed by atoms with van der Waals surface area (Å²) in [6, 6.07) is 1.75. The van der Waals surface area contributed by atoms with E-state index in [4.69, 9.17) is 5.73 Å². The molecule has 0 radical (unpaired) electrons. The first-order valence-electron chi connectivity index (χ1n) is 3.57. The van der Waals surface area contributed by atoms with E-state index >= 15 is 0 Å². The molecule has 72 valence electrons. The van der Waals surface area contributed by atoms with Gasteiger partial charge in [-0.25, -0.2) is 15.0 Å². The van der Waals surface area contributed by atoms with E-state index in [0.717, 1.165) is 0 Å². The van der Waals surface area contributed by atoms with Gasteiger partial charge in [-0.05, 0) is 27.7 Å². The first-order valence-corrected chi connectivity index (χ1v) is 5.18. The first kappa shape index (κ1) is 9.41. The Morgan fingerprint density at radius 1 is 1.43 bits per heavy atom. The summed E-state index contributed by atoms with van der Waals surface area (Å²) in [7, 11) is 0. The molecule has 14 heavy (non-hydrogen) atoms. The van der Waals surface area contributed by atoms with E-state index in [1.165, 1.54) is 18.1 Å². The Labute approximate surface area is 91.9 Å². The molecule has 0 amide bonds. The number of aromatic nitrogens is 5. The van der Waals surface area contributed by atoms with E-state index in [1.807, 2.05) is 0 Å². The van der Waals surface area contributed by atoms with Crippen LogP contribution in [0.1, 0.15) is 0 Å². The predicted octanol–water partition coefficient (Wildman–Crippen LogP) is 1.09. The van der Waals surface area contributed by atoms with Gasteiger partial charge in [0.25, 0.3) is 0 Å². The molecule has 0 atom stereocenters. The molecule has 3 N–H and O–H groups in total. The Bertz CT molecular complexity index is 410. The Hall–Kier alpha value is -1.15. The standard InChI is InChI=1S/C6H5BrN6S/c7-3-1-4(12-5(8)11-3)14-6-9-2-10-13-6/h1-2H,(H2,8,11,12)(H,9,10,13). The summed E-state index contributed by atoms with van der Waals surface area (Å²) in [5.41, 5.74) is 5.48. The van der Waals surface area contributed by atoms with Gasteiger partial charge in [0, 0.05) is 6.07 Å². The topological polar surface area (TPSA) is 93.4 Å². The molecule has 0 saturated heterocycles. The van der Waals surface area contributed by atoms with Crippen LogP contribution in [0.25, 0.3) is 0 Å². The van der Waals surface area contributed by atoms with Crippen LogP contribution in [0.15, 0.2) is 27.2 Å². The van der Waals surface area contributed by atoms with Crippen molar-refractivity contribution in [2.45, 2.75) is 10.2 Å². The van der Waals surface area contributed by atoms with Gasteiger partial charge in [0.2, 0.25) is 5.95 Å². The number of nitrogen functional groups attached to an aromatic ring is 1. The molecule has 6 nitrogen and oxygen atoms in total. The highest BCUT2D eigenvalue weighted by molar-refractivity contribution is 9.10. The minimum absolute atomic E-state index is 0.224. The summed E-state index contributed by atoms with van der Waals surface area (Å²) in [5.74, 6) is 0.224. The summed E-state index contributed by atoms with van der Waals surface area (Å²) < 4.78 is 0.645. The van der Waals surface area contributed by atoms with Gasteiger partial charge < -0.3 is 5.73 Å². The zero-order chi connectivity index (χ0) is 9.97. The third kappa shape index (κ3) is 2.20. The highest BCUT2D eigenvalue weighted by Crippen LogP contribution is 2.24. The van der Waals surface area contributed by atoms with Crippen LogP contribution in [0.5, 0.6) is 0 Å². The largest absolute Gasteiger partial charge is 0.368 e. The van der Waals surface area contributed by atoms with Gasteiger partial charge in [-0.3, -0.25) is 5.10 Å². The fraction of sp³-hybridized carbons (Fsp3) is 0. The molecule has 2 rings (SSSR count). The highest BCUT2D eigenvalue weighted by atomic mass is 79.9. The minimum Gasteiger partial charge on any atom is -0.368 e. The van der Waals surface area contributed by atoms with Gasteiger partial charge in [-0.1, -0.05) is 0 Å². The van der Waals surface area contributed by atoms with Crippen molar-refractivity contribution in [3.63, 3.8) is 0 Å². The molecular formula is C6H5BrN6S. The van der Waals surface area contributed by atoms with E-state index in [1.54, 1.807) is 6.07 Å². The molecule has 2 aromatic rings. The number of aromatic amines is 1. The maximum Gasteiger partial charge on any atom is 0.222 e. The Balaban J connectivity index is 2.25. The van der Waals surface area contributed by atoms with Crippen LogP contribution in [-0.2, 0) is 0 Å². The SMILES string of the molecule is Nc1nc(Br)cc(Sc2ncn[nH]2)n1. The van der Waals surface area contributed by atoms with Crippen molar-refractivity contribution in [2.75, 3.05) is 5.73 Å². The molecule has 0 unspecified atom stereocenters. The molecule has 0 aliphatic heterocycles. The van der Waals surface area contributed by atoms with E-state index in [2.05, 4.69) is 41.1 Å². The third-order valence-corrected chi connectivity index (χ3v) is 2.50. The smallest absolute Gasteiger partial charge is 0.222 e. The van der Waals surface area contributed by atoms with Crippen molar-refractivity contribution < 1.29 is 0 Å². The van der Waals surface area contributed by atoms with Crippen LogP contribution >= 0.6 is 27.7 Å². The number of nitrogens with two attached hydrogens (primary N) is 1. The van der Waals surface area contributed by atoms with Crippen molar-refractivity contribution in [3.05, 3.63) is 17.0 Å². The molecule has 2 heterocycles. The van der Waals surface area contributed by atoms with Gasteiger partial charge >= 0.3 is 0 Å². The zero-order valence-corrected chi connectivity index (χ0v) is 9.21. The van der Waals surface area contributed by atoms with Gasteiger partial charge in [-0.2, -0.15) is 5.10 Å². The molecule has 0 spiro atoms. The molecule has 0 saturated carbocycles. The van der Waals surface area contributed by atoms with Gasteiger partial charge in [0.1, 0.15) is 16.0 Å². The van der Waals surface area contributed by atoms with Gasteiger partial charge in [-0.15, -0.1) is 0 Å². The van der Waals surface area contributed by atoms with Gasteiger partial charge in [0.05, 0.1) is 0 Å². The van der Waals surface area contributed by atoms with E-state index in [-0.39, 0.29) is 5.95 Å².